The van der Waals surface area contributed by atoms with Gasteiger partial charge in [0.15, 0.2) is 17.3 Å². The predicted molar refractivity (Wildman–Crippen MR) is 93.7 cm³/mol. The minimum Gasteiger partial charge on any atom is -0.459 e. The highest BCUT2D eigenvalue weighted by molar-refractivity contribution is 6.05. The Bertz CT molecular complexity index is 1030. The molecule has 0 saturated carbocycles. The fraction of sp³-hybridized carbons (Fsp3) is 0.0526. The highest BCUT2D eigenvalue weighted by Crippen LogP contribution is 2.42. The highest BCUT2D eigenvalue weighted by Gasteiger charge is 2.43. The van der Waals surface area contributed by atoms with Gasteiger partial charge >= 0.3 is 6.29 Å². The van der Waals surface area contributed by atoms with Crippen LogP contribution in [0.4, 0.5) is 20.2 Å². The number of hydrogen-bond donors (Lipinski definition) is 2. The third kappa shape index (κ3) is 3.63. The van der Waals surface area contributed by atoms with Crippen LogP contribution < -0.4 is 20.1 Å². The molecule has 0 fully saturated rings. The molecule has 28 heavy (non-hydrogen) atoms. The Balaban J connectivity index is 1.41. The van der Waals surface area contributed by atoms with Crippen LogP contribution in [-0.2, 0) is 0 Å². The molecule has 2 amide bonds. The topological polar surface area (TPSA) is 89.8 Å². The molecule has 0 radical (unpaired) electrons. The number of carbonyl (C=O) groups excluding carboxylic acids is 2. The van der Waals surface area contributed by atoms with Crippen molar-refractivity contribution in [1.29, 1.82) is 0 Å². The minimum absolute atomic E-state index is 0.111. The molecule has 2 aromatic carbocycles. The van der Waals surface area contributed by atoms with Crippen molar-refractivity contribution in [3.63, 3.8) is 0 Å². The SMILES string of the molecule is O=C(Nc1ccc2c(c1)OC(F)(F)O2)c1ccc(NC(=O)c2ccco2)cc1. The second-order valence-electron chi connectivity index (χ2n) is 5.79. The Morgan fingerprint density at radius 1 is 0.821 bits per heavy atom. The summed E-state index contributed by atoms with van der Waals surface area (Å²) in [5.41, 5.74) is 1.04. The van der Waals surface area contributed by atoms with Crippen LogP contribution in [-0.4, -0.2) is 18.1 Å². The summed E-state index contributed by atoms with van der Waals surface area (Å²) in [5, 5.41) is 5.21. The van der Waals surface area contributed by atoms with Crippen LogP contribution in [0, 0.1) is 0 Å². The van der Waals surface area contributed by atoms with Gasteiger partial charge in [-0.3, -0.25) is 9.59 Å². The second-order valence-corrected chi connectivity index (χ2v) is 5.79. The van der Waals surface area contributed by atoms with Gasteiger partial charge in [-0.15, -0.1) is 8.78 Å². The van der Waals surface area contributed by atoms with Crippen molar-refractivity contribution in [2.24, 2.45) is 0 Å². The molecule has 9 heteroatoms. The number of benzene rings is 2. The molecule has 1 aromatic heterocycles. The normalized spacial score (nSPS) is 13.8. The largest absolute Gasteiger partial charge is 0.586 e. The number of hydrogen-bond acceptors (Lipinski definition) is 5. The number of rotatable bonds is 4. The molecule has 142 valence electrons. The van der Waals surface area contributed by atoms with E-state index in [0.29, 0.717) is 11.3 Å². The van der Waals surface area contributed by atoms with Gasteiger partial charge in [-0.1, -0.05) is 0 Å². The van der Waals surface area contributed by atoms with Gasteiger partial charge in [-0.25, -0.2) is 0 Å². The lowest BCUT2D eigenvalue weighted by atomic mass is 10.2. The van der Waals surface area contributed by atoms with Crippen molar-refractivity contribution in [1.82, 2.24) is 0 Å². The molecule has 0 aliphatic carbocycles. The van der Waals surface area contributed by atoms with Gasteiger partial charge in [0, 0.05) is 23.0 Å². The van der Waals surface area contributed by atoms with Gasteiger partial charge in [0.25, 0.3) is 11.8 Å². The molecule has 7 nitrogen and oxygen atoms in total. The molecular formula is C19H12F2N2O5. The van der Waals surface area contributed by atoms with E-state index in [1.54, 1.807) is 18.2 Å². The van der Waals surface area contributed by atoms with Gasteiger partial charge in [0.1, 0.15) is 0 Å². The average Bonchev–Trinajstić information content (AvgIpc) is 3.28. The van der Waals surface area contributed by atoms with Crippen molar-refractivity contribution in [3.05, 3.63) is 72.2 Å². The lowest BCUT2D eigenvalue weighted by Crippen LogP contribution is -2.25. The van der Waals surface area contributed by atoms with E-state index in [-0.39, 0.29) is 22.9 Å². The first-order valence-electron chi connectivity index (χ1n) is 8.06. The molecule has 0 bridgehead atoms. The average molecular weight is 386 g/mol. The van der Waals surface area contributed by atoms with E-state index in [4.69, 9.17) is 4.42 Å². The van der Waals surface area contributed by atoms with Crippen molar-refractivity contribution >= 4 is 23.2 Å². The minimum atomic E-state index is -3.72. The number of alkyl halides is 2. The summed E-state index contributed by atoms with van der Waals surface area (Å²) in [5.74, 6) is -0.998. The number of halogens is 2. The Labute approximate surface area is 156 Å². The third-order valence-corrected chi connectivity index (χ3v) is 3.81. The summed E-state index contributed by atoms with van der Waals surface area (Å²) in [4.78, 5) is 24.2. The van der Waals surface area contributed by atoms with Crippen LogP contribution in [0.5, 0.6) is 11.5 Å². The molecule has 0 unspecified atom stereocenters. The first-order valence-corrected chi connectivity index (χ1v) is 8.06. The first kappa shape index (κ1) is 17.5. The Morgan fingerprint density at radius 2 is 1.50 bits per heavy atom. The molecule has 2 N–H and O–H groups in total. The maximum absolute atomic E-state index is 13.0. The van der Waals surface area contributed by atoms with Crippen molar-refractivity contribution in [3.8, 4) is 11.5 Å². The number of anilines is 2. The van der Waals surface area contributed by atoms with E-state index in [2.05, 4.69) is 20.1 Å². The van der Waals surface area contributed by atoms with Gasteiger partial charge in [-0.2, -0.15) is 0 Å². The number of furan rings is 1. The van der Waals surface area contributed by atoms with E-state index < -0.39 is 18.1 Å². The van der Waals surface area contributed by atoms with Crippen LogP contribution in [0.3, 0.4) is 0 Å². The fourth-order valence-corrected chi connectivity index (χ4v) is 2.54. The summed E-state index contributed by atoms with van der Waals surface area (Å²) in [6.45, 7) is 0. The molecule has 0 atom stereocenters. The van der Waals surface area contributed by atoms with Crippen LogP contribution in [0.2, 0.25) is 0 Å². The molecular weight excluding hydrogens is 374 g/mol. The Hall–Kier alpha value is -3.88. The highest BCUT2D eigenvalue weighted by atomic mass is 19.3. The fourth-order valence-electron chi connectivity index (χ4n) is 2.54. The quantitative estimate of drug-likeness (QED) is 0.705. The predicted octanol–water partition coefficient (Wildman–Crippen LogP) is 4.11. The second kappa shape index (κ2) is 6.69. The van der Waals surface area contributed by atoms with Gasteiger partial charge in [0.2, 0.25) is 0 Å². The maximum Gasteiger partial charge on any atom is 0.586 e. The van der Waals surface area contributed by atoms with Crippen molar-refractivity contribution in [2.45, 2.75) is 6.29 Å². The van der Waals surface area contributed by atoms with Gasteiger partial charge in [-0.05, 0) is 48.5 Å². The zero-order chi connectivity index (χ0) is 19.7. The summed E-state index contributed by atoms with van der Waals surface area (Å²) >= 11 is 0. The molecule has 1 aliphatic heterocycles. The molecule has 4 rings (SSSR count). The van der Waals surface area contributed by atoms with Crippen molar-refractivity contribution < 1.29 is 32.3 Å². The molecule has 2 heterocycles. The van der Waals surface area contributed by atoms with Crippen LogP contribution in [0.25, 0.3) is 0 Å². The van der Waals surface area contributed by atoms with Gasteiger partial charge < -0.3 is 24.5 Å². The number of carbonyl (C=O) groups is 2. The zero-order valence-corrected chi connectivity index (χ0v) is 14.1. The summed E-state index contributed by atoms with van der Waals surface area (Å²) in [7, 11) is 0. The maximum atomic E-state index is 13.0. The summed E-state index contributed by atoms with van der Waals surface area (Å²) in [6, 6.07) is 13.2. The van der Waals surface area contributed by atoms with Crippen LogP contribution in [0.15, 0.2) is 65.3 Å². The van der Waals surface area contributed by atoms with Crippen LogP contribution >= 0.6 is 0 Å². The third-order valence-electron chi connectivity index (χ3n) is 3.81. The van der Waals surface area contributed by atoms with E-state index >= 15 is 0 Å². The van der Waals surface area contributed by atoms with E-state index in [1.165, 1.54) is 42.7 Å². The van der Waals surface area contributed by atoms with Crippen LogP contribution in [0.1, 0.15) is 20.9 Å². The van der Waals surface area contributed by atoms with Crippen molar-refractivity contribution in [2.75, 3.05) is 10.6 Å². The molecule has 1 aliphatic rings. The van der Waals surface area contributed by atoms with Gasteiger partial charge in [0.05, 0.1) is 6.26 Å². The Morgan fingerprint density at radius 3 is 2.21 bits per heavy atom. The number of fused-ring (bicyclic) bond motifs is 1. The first-order chi connectivity index (χ1) is 13.4. The summed E-state index contributed by atoms with van der Waals surface area (Å²) < 4.78 is 39.7. The molecule has 0 saturated heterocycles. The van der Waals surface area contributed by atoms with E-state index in [0.717, 1.165) is 0 Å². The number of ether oxygens (including phenoxy) is 2. The summed E-state index contributed by atoms with van der Waals surface area (Å²) in [6.07, 6.45) is -2.33. The lowest BCUT2D eigenvalue weighted by molar-refractivity contribution is -0.286. The number of nitrogens with one attached hydrogen (secondary N) is 2. The lowest BCUT2D eigenvalue weighted by Gasteiger charge is -2.07. The monoisotopic (exact) mass is 386 g/mol. The molecule has 3 aromatic rings. The molecule has 0 spiro atoms. The number of amides is 2. The zero-order valence-electron chi connectivity index (χ0n) is 14.1. The standard InChI is InChI=1S/C19H12F2N2O5/c20-19(21)27-14-8-7-13(10-16(14)28-19)23-17(24)11-3-5-12(6-4-11)22-18(25)15-2-1-9-26-15/h1-10H,(H,22,25)(H,23,24). The van der Waals surface area contributed by atoms with E-state index in [9.17, 15) is 18.4 Å². The Kier molecular flexibility index (Phi) is 4.19. The smallest absolute Gasteiger partial charge is 0.459 e. The van der Waals surface area contributed by atoms with E-state index in [1.807, 2.05) is 0 Å².